The number of ether oxygens (including phenoxy) is 1. The summed E-state index contributed by atoms with van der Waals surface area (Å²) in [6.07, 6.45) is 2.48. The van der Waals surface area contributed by atoms with Gasteiger partial charge < -0.3 is 10.1 Å². The molecule has 0 fully saturated rings. The highest BCUT2D eigenvalue weighted by Gasteiger charge is 2.11. The molecule has 0 saturated heterocycles. The zero-order valence-corrected chi connectivity index (χ0v) is 12.0. The van der Waals surface area contributed by atoms with Gasteiger partial charge in [0.05, 0.1) is 16.9 Å². The minimum Gasteiger partial charge on any atom is -0.482 e. The van der Waals surface area contributed by atoms with Crippen LogP contribution in [-0.2, 0) is 18.3 Å². The Balaban J connectivity index is 1.98. The molecular formula is C15H16N4O2. The molecule has 0 bridgehead atoms. The highest BCUT2D eigenvalue weighted by molar-refractivity contribution is 5.92. The third kappa shape index (κ3) is 3.60. The molecule has 0 aliphatic carbocycles. The number of para-hydroxylation sites is 1. The number of nitriles is 1. The van der Waals surface area contributed by atoms with Crippen molar-refractivity contribution >= 4 is 11.6 Å². The van der Waals surface area contributed by atoms with E-state index in [0.29, 0.717) is 17.0 Å². The molecule has 6 nitrogen and oxygen atoms in total. The molecule has 1 aromatic heterocycles. The minimum atomic E-state index is -0.287. The first kappa shape index (κ1) is 14.6. The van der Waals surface area contributed by atoms with Crippen molar-refractivity contribution in [3.05, 3.63) is 41.7 Å². The van der Waals surface area contributed by atoms with Crippen LogP contribution in [0.3, 0.4) is 0 Å². The van der Waals surface area contributed by atoms with Crippen LogP contribution in [0.4, 0.5) is 5.69 Å². The molecule has 0 radical (unpaired) electrons. The maximum Gasteiger partial charge on any atom is 0.262 e. The van der Waals surface area contributed by atoms with E-state index in [9.17, 15) is 4.79 Å². The second-order valence-electron chi connectivity index (χ2n) is 4.46. The number of hydrogen-bond donors (Lipinski definition) is 1. The normalized spacial score (nSPS) is 9.95. The highest BCUT2D eigenvalue weighted by Crippen LogP contribution is 2.17. The lowest BCUT2D eigenvalue weighted by Crippen LogP contribution is -2.20. The van der Waals surface area contributed by atoms with Gasteiger partial charge in [0.25, 0.3) is 5.91 Å². The van der Waals surface area contributed by atoms with E-state index < -0.39 is 0 Å². The molecule has 1 amide bonds. The van der Waals surface area contributed by atoms with Gasteiger partial charge in [0.15, 0.2) is 6.61 Å². The first-order valence-corrected chi connectivity index (χ1v) is 6.58. The molecule has 1 aromatic carbocycles. The first-order valence-electron chi connectivity index (χ1n) is 6.58. The van der Waals surface area contributed by atoms with Crippen LogP contribution in [0.2, 0.25) is 0 Å². The SMILES string of the molecule is CCc1nn(C)cc1NC(=O)COc1ccccc1C#N. The Bertz CT molecular complexity index is 685. The third-order valence-electron chi connectivity index (χ3n) is 2.88. The van der Waals surface area contributed by atoms with Crippen molar-refractivity contribution in [2.45, 2.75) is 13.3 Å². The lowest BCUT2D eigenvalue weighted by atomic mass is 10.2. The molecule has 0 saturated carbocycles. The summed E-state index contributed by atoms with van der Waals surface area (Å²) < 4.78 is 7.03. The topological polar surface area (TPSA) is 79.9 Å². The van der Waals surface area contributed by atoms with Gasteiger partial charge in [-0.15, -0.1) is 0 Å². The molecular weight excluding hydrogens is 268 g/mol. The van der Waals surface area contributed by atoms with Crippen LogP contribution in [0.15, 0.2) is 30.5 Å². The van der Waals surface area contributed by atoms with Gasteiger partial charge in [0.1, 0.15) is 11.8 Å². The molecule has 0 unspecified atom stereocenters. The smallest absolute Gasteiger partial charge is 0.262 e. The third-order valence-corrected chi connectivity index (χ3v) is 2.88. The Kier molecular flexibility index (Phi) is 4.57. The number of nitrogens with one attached hydrogen (secondary N) is 1. The average molecular weight is 284 g/mol. The number of nitrogens with zero attached hydrogens (tertiary/aromatic N) is 3. The Morgan fingerprint density at radius 1 is 1.48 bits per heavy atom. The fraction of sp³-hybridized carbons (Fsp3) is 0.267. The van der Waals surface area contributed by atoms with Gasteiger partial charge in [0.2, 0.25) is 0 Å². The van der Waals surface area contributed by atoms with Gasteiger partial charge >= 0.3 is 0 Å². The maximum atomic E-state index is 11.9. The number of aromatic nitrogens is 2. The van der Waals surface area contributed by atoms with Crippen LogP contribution in [0, 0.1) is 11.3 Å². The van der Waals surface area contributed by atoms with Gasteiger partial charge in [-0.1, -0.05) is 19.1 Å². The lowest BCUT2D eigenvalue weighted by Gasteiger charge is -2.08. The fourth-order valence-corrected chi connectivity index (χ4v) is 1.91. The largest absolute Gasteiger partial charge is 0.482 e. The van der Waals surface area contributed by atoms with Crippen LogP contribution in [0.25, 0.3) is 0 Å². The molecule has 21 heavy (non-hydrogen) atoms. The number of carbonyl (C=O) groups excluding carboxylic acids is 1. The molecule has 1 N–H and O–H groups in total. The molecule has 0 aliphatic heterocycles. The quantitative estimate of drug-likeness (QED) is 0.909. The molecule has 108 valence electrons. The van der Waals surface area contributed by atoms with Crippen molar-refractivity contribution < 1.29 is 9.53 Å². The minimum absolute atomic E-state index is 0.156. The number of carbonyl (C=O) groups is 1. The standard InChI is InChI=1S/C15H16N4O2/c1-3-12-13(9-19(2)18-12)17-15(20)10-21-14-7-5-4-6-11(14)8-16/h4-7,9H,3,10H2,1-2H3,(H,17,20). The first-order chi connectivity index (χ1) is 10.1. The maximum absolute atomic E-state index is 11.9. The summed E-state index contributed by atoms with van der Waals surface area (Å²) in [6.45, 7) is 1.81. The predicted molar refractivity (Wildman–Crippen MR) is 77.9 cm³/mol. The average Bonchev–Trinajstić information content (AvgIpc) is 2.85. The highest BCUT2D eigenvalue weighted by atomic mass is 16.5. The molecule has 0 aliphatic rings. The summed E-state index contributed by atoms with van der Waals surface area (Å²) in [5.41, 5.74) is 1.91. The van der Waals surface area contributed by atoms with Crippen LogP contribution in [-0.4, -0.2) is 22.3 Å². The number of amides is 1. The van der Waals surface area contributed by atoms with Gasteiger partial charge in [-0.25, -0.2) is 0 Å². The second kappa shape index (κ2) is 6.57. The summed E-state index contributed by atoms with van der Waals surface area (Å²) in [6, 6.07) is 8.82. The van der Waals surface area contributed by atoms with Gasteiger partial charge in [-0.3, -0.25) is 9.48 Å². The van der Waals surface area contributed by atoms with E-state index in [1.165, 1.54) is 0 Å². The fourth-order valence-electron chi connectivity index (χ4n) is 1.91. The van der Waals surface area contributed by atoms with Crippen LogP contribution < -0.4 is 10.1 Å². The Labute approximate surface area is 123 Å². The molecule has 0 atom stereocenters. The van der Waals surface area contributed by atoms with Crippen molar-refractivity contribution in [2.24, 2.45) is 7.05 Å². The number of aryl methyl sites for hydroxylation is 2. The van der Waals surface area contributed by atoms with E-state index in [2.05, 4.69) is 10.4 Å². The summed E-state index contributed by atoms with van der Waals surface area (Å²) in [5, 5.41) is 16.0. The zero-order valence-electron chi connectivity index (χ0n) is 12.0. The van der Waals surface area contributed by atoms with E-state index in [1.54, 1.807) is 42.2 Å². The van der Waals surface area contributed by atoms with Crippen molar-refractivity contribution in [2.75, 3.05) is 11.9 Å². The summed E-state index contributed by atoms with van der Waals surface area (Å²) >= 11 is 0. The monoisotopic (exact) mass is 284 g/mol. The molecule has 2 rings (SSSR count). The number of benzene rings is 1. The summed E-state index contributed by atoms with van der Waals surface area (Å²) in [4.78, 5) is 11.9. The number of hydrogen-bond acceptors (Lipinski definition) is 4. The zero-order chi connectivity index (χ0) is 15.2. The molecule has 6 heteroatoms. The van der Waals surface area contributed by atoms with Crippen molar-refractivity contribution in [3.63, 3.8) is 0 Å². The molecule has 1 heterocycles. The van der Waals surface area contributed by atoms with Crippen molar-refractivity contribution in [3.8, 4) is 11.8 Å². The van der Waals surface area contributed by atoms with E-state index in [0.717, 1.165) is 12.1 Å². The lowest BCUT2D eigenvalue weighted by molar-refractivity contribution is -0.118. The van der Waals surface area contributed by atoms with E-state index in [1.807, 2.05) is 13.0 Å². The van der Waals surface area contributed by atoms with Gasteiger partial charge in [0, 0.05) is 13.2 Å². The summed E-state index contributed by atoms with van der Waals surface area (Å²) in [5.74, 6) is 0.113. The van der Waals surface area contributed by atoms with Gasteiger partial charge in [-0.05, 0) is 18.6 Å². The Hall–Kier alpha value is -2.81. The summed E-state index contributed by atoms with van der Waals surface area (Å²) in [7, 11) is 1.80. The number of anilines is 1. The van der Waals surface area contributed by atoms with Crippen LogP contribution in [0.5, 0.6) is 5.75 Å². The molecule has 2 aromatic rings. The predicted octanol–water partition coefficient (Wildman–Crippen LogP) is 1.87. The van der Waals surface area contributed by atoms with Gasteiger partial charge in [-0.2, -0.15) is 10.4 Å². The van der Waals surface area contributed by atoms with Crippen molar-refractivity contribution in [1.29, 1.82) is 5.26 Å². The number of rotatable bonds is 5. The Morgan fingerprint density at radius 2 is 2.24 bits per heavy atom. The van der Waals surface area contributed by atoms with Crippen LogP contribution >= 0.6 is 0 Å². The van der Waals surface area contributed by atoms with E-state index in [4.69, 9.17) is 10.00 Å². The molecule has 0 spiro atoms. The van der Waals surface area contributed by atoms with E-state index >= 15 is 0 Å². The Morgan fingerprint density at radius 3 is 2.95 bits per heavy atom. The van der Waals surface area contributed by atoms with Crippen LogP contribution in [0.1, 0.15) is 18.2 Å². The second-order valence-corrected chi connectivity index (χ2v) is 4.46. The van der Waals surface area contributed by atoms with E-state index in [-0.39, 0.29) is 12.5 Å². The van der Waals surface area contributed by atoms with Crippen molar-refractivity contribution in [1.82, 2.24) is 9.78 Å².